The van der Waals surface area contributed by atoms with Crippen LogP contribution in [0.15, 0.2) is 36.5 Å². The average Bonchev–Trinajstić information content (AvgIpc) is 3.15. The summed E-state index contributed by atoms with van der Waals surface area (Å²) in [6.07, 6.45) is -2.61. The Hall–Kier alpha value is -3.41. The molecule has 1 fully saturated rings. The minimum atomic E-state index is -4.81. The Labute approximate surface area is 174 Å². The van der Waals surface area contributed by atoms with Crippen LogP contribution in [0.3, 0.4) is 0 Å². The van der Waals surface area contributed by atoms with Gasteiger partial charge in [0.25, 0.3) is 5.91 Å². The normalized spacial score (nSPS) is 18.4. The van der Waals surface area contributed by atoms with E-state index in [9.17, 15) is 22.8 Å². The summed E-state index contributed by atoms with van der Waals surface area (Å²) in [6.45, 7) is -0.0376. The largest absolute Gasteiger partial charge is 0.410 e. The minimum absolute atomic E-state index is 0.183. The van der Waals surface area contributed by atoms with E-state index in [0.29, 0.717) is 31.0 Å². The van der Waals surface area contributed by atoms with Crippen LogP contribution in [0.1, 0.15) is 16.9 Å². The van der Waals surface area contributed by atoms with Crippen molar-refractivity contribution in [1.82, 2.24) is 15.3 Å². The average molecular weight is 436 g/mol. The van der Waals surface area contributed by atoms with E-state index in [1.165, 1.54) is 17.2 Å². The van der Waals surface area contributed by atoms with Crippen molar-refractivity contribution in [2.75, 3.05) is 34.8 Å². The SMILES string of the molecule is O=C(N[C@H](CO)C(F)(F)F)c1ccc2c(n1)N(C(=O)Nc1ccccn1)C1CCN2C1. The number of aliphatic hydroxyl groups is 1. The van der Waals surface area contributed by atoms with Crippen molar-refractivity contribution in [2.24, 2.45) is 0 Å². The first-order valence-corrected chi connectivity index (χ1v) is 9.53. The number of carbonyl (C=O) groups is 2. The molecule has 0 aromatic carbocycles. The van der Waals surface area contributed by atoms with Crippen LogP contribution in [-0.4, -0.2) is 65.0 Å². The van der Waals surface area contributed by atoms with E-state index >= 15 is 0 Å². The van der Waals surface area contributed by atoms with Gasteiger partial charge in [-0.2, -0.15) is 13.2 Å². The number of urea groups is 1. The van der Waals surface area contributed by atoms with Gasteiger partial charge in [-0.1, -0.05) is 6.07 Å². The predicted octanol–water partition coefficient (Wildman–Crippen LogP) is 1.76. The third-order valence-electron chi connectivity index (χ3n) is 5.19. The van der Waals surface area contributed by atoms with Crippen molar-refractivity contribution >= 4 is 29.3 Å². The van der Waals surface area contributed by atoms with E-state index in [0.717, 1.165) is 0 Å². The van der Waals surface area contributed by atoms with Crippen LogP contribution in [0.2, 0.25) is 0 Å². The maximum atomic E-state index is 13.0. The lowest BCUT2D eigenvalue weighted by Gasteiger charge is -2.35. The lowest BCUT2D eigenvalue weighted by molar-refractivity contribution is -0.161. The van der Waals surface area contributed by atoms with Crippen molar-refractivity contribution in [2.45, 2.75) is 24.7 Å². The molecule has 3 N–H and O–H groups in total. The quantitative estimate of drug-likeness (QED) is 0.674. The Morgan fingerprint density at radius 3 is 2.74 bits per heavy atom. The van der Waals surface area contributed by atoms with Crippen LogP contribution in [0.5, 0.6) is 0 Å². The molecular formula is C19H19F3N6O3. The number of nitrogens with one attached hydrogen (secondary N) is 2. The fraction of sp³-hybridized carbons (Fsp3) is 0.368. The molecule has 0 aliphatic carbocycles. The highest BCUT2D eigenvalue weighted by Crippen LogP contribution is 2.39. The van der Waals surface area contributed by atoms with Crippen LogP contribution < -0.4 is 20.4 Å². The molecule has 3 amide bonds. The van der Waals surface area contributed by atoms with Gasteiger partial charge in [0.1, 0.15) is 17.6 Å². The zero-order chi connectivity index (χ0) is 22.2. The van der Waals surface area contributed by atoms with Gasteiger partial charge in [-0.3, -0.25) is 15.0 Å². The Kier molecular flexibility index (Phi) is 5.39. The molecule has 2 aliphatic heterocycles. The molecule has 0 spiro atoms. The van der Waals surface area contributed by atoms with Gasteiger partial charge < -0.3 is 15.3 Å². The summed E-state index contributed by atoms with van der Waals surface area (Å²) in [5.74, 6) is -0.584. The lowest BCUT2D eigenvalue weighted by atomic mass is 10.1. The summed E-state index contributed by atoms with van der Waals surface area (Å²) in [5, 5.41) is 13.4. The smallest absolute Gasteiger partial charge is 0.394 e. The highest BCUT2D eigenvalue weighted by Gasteiger charge is 2.42. The van der Waals surface area contributed by atoms with E-state index in [1.54, 1.807) is 29.6 Å². The van der Waals surface area contributed by atoms with E-state index in [-0.39, 0.29) is 17.6 Å². The van der Waals surface area contributed by atoms with Crippen molar-refractivity contribution in [3.63, 3.8) is 0 Å². The van der Waals surface area contributed by atoms with Crippen molar-refractivity contribution < 1.29 is 27.9 Å². The molecule has 2 aromatic heterocycles. The van der Waals surface area contributed by atoms with Gasteiger partial charge in [0.2, 0.25) is 0 Å². The number of rotatable bonds is 4. The summed E-state index contributed by atoms with van der Waals surface area (Å²) in [6, 6.07) is 4.77. The zero-order valence-electron chi connectivity index (χ0n) is 16.1. The van der Waals surface area contributed by atoms with Crippen molar-refractivity contribution in [1.29, 1.82) is 0 Å². The molecule has 0 saturated carbocycles. The fourth-order valence-electron chi connectivity index (χ4n) is 3.67. The summed E-state index contributed by atoms with van der Waals surface area (Å²) in [5.41, 5.74) is 0.315. The van der Waals surface area contributed by atoms with E-state index < -0.39 is 30.8 Å². The number of amides is 3. The molecule has 1 saturated heterocycles. The Bertz CT molecular complexity index is 988. The molecule has 2 aromatic rings. The monoisotopic (exact) mass is 436 g/mol. The molecule has 1 unspecified atom stereocenters. The first kappa shape index (κ1) is 20.8. The highest BCUT2D eigenvalue weighted by molar-refractivity contribution is 6.05. The van der Waals surface area contributed by atoms with Gasteiger partial charge in [0.15, 0.2) is 5.82 Å². The van der Waals surface area contributed by atoms with E-state index in [2.05, 4.69) is 15.3 Å². The molecular weight excluding hydrogens is 417 g/mol. The summed E-state index contributed by atoms with van der Waals surface area (Å²) in [7, 11) is 0. The standard InChI is InChI=1S/C19H19F3N6O3/c20-19(21,22)14(10-29)25-17(30)12-4-5-13-16(24-12)28(11-6-8-27(13)9-11)18(31)26-15-3-1-2-7-23-15/h1-5,7,11,14,29H,6,8-10H2,(H,25,30)(H,23,26,31)/t11?,14-/m1/s1. The second kappa shape index (κ2) is 8.02. The van der Waals surface area contributed by atoms with Crippen LogP contribution in [0, 0.1) is 0 Å². The number of nitrogens with zero attached hydrogens (tertiary/aromatic N) is 4. The number of hydrogen-bond donors (Lipinski definition) is 3. The van der Waals surface area contributed by atoms with Crippen molar-refractivity contribution in [3.05, 3.63) is 42.2 Å². The highest BCUT2D eigenvalue weighted by atomic mass is 19.4. The number of carbonyl (C=O) groups excluding carboxylic acids is 2. The molecule has 2 bridgehead atoms. The summed E-state index contributed by atoms with van der Waals surface area (Å²) >= 11 is 0. The molecule has 164 valence electrons. The lowest BCUT2D eigenvalue weighted by Crippen LogP contribution is -2.49. The van der Waals surface area contributed by atoms with E-state index in [1.807, 2.05) is 4.90 Å². The van der Waals surface area contributed by atoms with Crippen LogP contribution in [0.25, 0.3) is 0 Å². The molecule has 12 heteroatoms. The zero-order valence-corrected chi connectivity index (χ0v) is 16.1. The third-order valence-corrected chi connectivity index (χ3v) is 5.19. The maximum absolute atomic E-state index is 13.0. The number of pyridine rings is 2. The number of fused-ring (bicyclic) bond motifs is 4. The minimum Gasteiger partial charge on any atom is -0.394 e. The van der Waals surface area contributed by atoms with Crippen LogP contribution >= 0.6 is 0 Å². The molecule has 9 nitrogen and oxygen atoms in total. The van der Waals surface area contributed by atoms with Crippen molar-refractivity contribution in [3.8, 4) is 0 Å². The molecule has 2 aliphatic rings. The van der Waals surface area contributed by atoms with Gasteiger partial charge in [0, 0.05) is 19.3 Å². The summed E-state index contributed by atoms with van der Waals surface area (Å²) in [4.78, 5) is 37.0. The fourth-order valence-corrected chi connectivity index (χ4v) is 3.67. The van der Waals surface area contributed by atoms with Crippen LogP contribution in [0.4, 0.5) is 35.3 Å². The molecule has 4 rings (SSSR count). The maximum Gasteiger partial charge on any atom is 0.410 e. The number of aromatic nitrogens is 2. The topological polar surface area (TPSA) is 111 Å². The molecule has 4 heterocycles. The molecule has 2 atom stereocenters. The first-order chi connectivity index (χ1) is 14.8. The number of aliphatic hydroxyl groups excluding tert-OH is 1. The number of halogens is 3. The van der Waals surface area contributed by atoms with Gasteiger partial charge in [0.05, 0.1) is 18.3 Å². The Balaban J connectivity index is 1.63. The molecule has 0 radical (unpaired) electrons. The summed E-state index contributed by atoms with van der Waals surface area (Å²) < 4.78 is 38.7. The predicted molar refractivity (Wildman–Crippen MR) is 105 cm³/mol. The number of hydrogen-bond acceptors (Lipinski definition) is 6. The van der Waals surface area contributed by atoms with Gasteiger partial charge in [-0.05, 0) is 30.7 Å². The van der Waals surface area contributed by atoms with Crippen LogP contribution in [-0.2, 0) is 0 Å². The second-order valence-electron chi connectivity index (χ2n) is 7.19. The van der Waals surface area contributed by atoms with Gasteiger partial charge >= 0.3 is 12.2 Å². The Morgan fingerprint density at radius 2 is 2.06 bits per heavy atom. The first-order valence-electron chi connectivity index (χ1n) is 9.53. The third kappa shape index (κ3) is 4.10. The molecule has 31 heavy (non-hydrogen) atoms. The van der Waals surface area contributed by atoms with Gasteiger partial charge in [-0.15, -0.1) is 0 Å². The number of alkyl halides is 3. The van der Waals surface area contributed by atoms with E-state index in [4.69, 9.17) is 5.11 Å². The second-order valence-corrected chi connectivity index (χ2v) is 7.19. The van der Waals surface area contributed by atoms with Gasteiger partial charge in [-0.25, -0.2) is 14.8 Å². The Morgan fingerprint density at radius 1 is 1.26 bits per heavy atom. The number of anilines is 3.